The summed E-state index contributed by atoms with van der Waals surface area (Å²) in [5.41, 5.74) is 0.611. The third-order valence-corrected chi connectivity index (χ3v) is 2.97. The number of ether oxygens (including phenoxy) is 2. The maximum atomic E-state index is 11.9. The zero-order chi connectivity index (χ0) is 13.0. The van der Waals surface area contributed by atoms with Gasteiger partial charge >= 0.3 is 0 Å². The molecule has 18 heavy (non-hydrogen) atoms. The Morgan fingerprint density at radius 3 is 2.78 bits per heavy atom. The molecule has 4 heteroatoms. The molecule has 1 aromatic carbocycles. The monoisotopic (exact) mass is 249 g/mol. The smallest absolute Gasteiger partial charge is 0.251 e. The molecule has 0 saturated heterocycles. The van der Waals surface area contributed by atoms with Gasteiger partial charge in [-0.3, -0.25) is 4.79 Å². The van der Waals surface area contributed by atoms with Crippen LogP contribution in [-0.2, 0) is 0 Å². The van der Waals surface area contributed by atoms with Crippen LogP contribution in [0.5, 0.6) is 11.5 Å². The van der Waals surface area contributed by atoms with Crippen molar-refractivity contribution in [3.05, 3.63) is 23.8 Å². The summed E-state index contributed by atoms with van der Waals surface area (Å²) in [5, 5.41) is 2.93. The molecular formula is C14H19NO3. The molecule has 0 unspecified atom stereocenters. The molecular weight excluding hydrogens is 230 g/mol. The van der Waals surface area contributed by atoms with Gasteiger partial charge in [0.05, 0.1) is 13.7 Å². The number of rotatable bonds is 6. The molecule has 1 aromatic rings. The van der Waals surface area contributed by atoms with Crippen molar-refractivity contribution in [2.75, 3.05) is 20.3 Å². The van der Waals surface area contributed by atoms with Gasteiger partial charge in [-0.15, -0.1) is 0 Å². The number of hydrogen-bond acceptors (Lipinski definition) is 3. The van der Waals surface area contributed by atoms with Gasteiger partial charge in [0, 0.05) is 12.1 Å². The normalized spacial score (nSPS) is 14.1. The number of hydrogen-bond donors (Lipinski definition) is 1. The lowest BCUT2D eigenvalue weighted by Gasteiger charge is -2.11. The molecule has 0 bridgehead atoms. The van der Waals surface area contributed by atoms with Gasteiger partial charge in [-0.25, -0.2) is 0 Å². The van der Waals surface area contributed by atoms with Crippen molar-refractivity contribution in [1.29, 1.82) is 0 Å². The van der Waals surface area contributed by atoms with E-state index in [2.05, 4.69) is 5.32 Å². The fourth-order valence-electron chi connectivity index (χ4n) is 1.75. The minimum Gasteiger partial charge on any atom is -0.493 e. The molecule has 4 nitrogen and oxygen atoms in total. The summed E-state index contributed by atoms with van der Waals surface area (Å²) in [7, 11) is 1.59. The maximum Gasteiger partial charge on any atom is 0.251 e. The molecule has 1 aliphatic rings. The van der Waals surface area contributed by atoms with E-state index in [1.165, 1.54) is 12.8 Å². The van der Waals surface area contributed by atoms with E-state index in [4.69, 9.17) is 9.47 Å². The third kappa shape index (κ3) is 3.15. The molecule has 0 spiro atoms. The van der Waals surface area contributed by atoms with Gasteiger partial charge in [0.1, 0.15) is 0 Å². The predicted octanol–water partition coefficient (Wildman–Crippen LogP) is 2.23. The van der Waals surface area contributed by atoms with Crippen molar-refractivity contribution >= 4 is 5.91 Å². The van der Waals surface area contributed by atoms with Crippen molar-refractivity contribution in [2.24, 2.45) is 5.92 Å². The van der Waals surface area contributed by atoms with E-state index in [9.17, 15) is 4.79 Å². The van der Waals surface area contributed by atoms with E-state index >= 15 is 0 Å². The van der Waals surface area contributed by atoms with Gasteiger partial charge in [0.15, 0.2) is 11.5 Å². The molecule has 1 fully saturated rings. The quantitative estimate of drug-likeness (QED) is 0.841. The molecule has 0 aromatic heterocycles. The molecule has 1 aliphatic carbocycles. The first-order valence-electron chi connectivity index (χ1n) is 6.33. The van der Waals surface area contributed by atoms with Gasteiger partial charge in [-0.1, -0.05) is 0 Å². The summed E-state index contributed by atoms with van der Waals surface area (Å²) in [6.45, 7) is 3.22. The van der Waals surface area contributed by atoms with Crippen LogP contribution in [0.25, 0.3) is 0 Å². The lowest BCUT2D eigenvalue weighted by molar-refractivity contribution is 0.0951. The highest BCUT2D eigenvalue weighted by Gasteiger charge is 2.22. The number of amides is 1. The molecule has 0 aliphatic heterocycles. The molecule has 1 N–H and O–H groups in total. The number of carbonyl (C=O) groups excluding carboxylic acids is 1. The highest BCUT2D eigenvalue weighted by molar-refractivity contribution is 5.94. The highest BCUT2D eigenvalue weighted by atomic mass is 16.5. The number of benzene rings is 1. The molecule has 0 heterocycles. The Kier molecular flexibility index (Phi) is 4.07. The van der Waals surface area contributed by atoms with Crippen LogP contribution in [0, 0.1) is 5.92 Å². The van der Waals surface area contributed by atoms with Crippen LogP contribution in [0.1, 0.15) is 30.1 Å². The summed E-state index contributed by atoms with van der Waals surface area (Å²) >= 11 is 0. The first-order chi connectivity index (χ1) is 8.74. The van der Waals surface area contributed by atoms with Gasteiger partial charge < -0.3 is 14.8 Å². The average Bonchev–Trinajstić information content (AvgIpc) is 3.20. The Labute approximate surface area is 107 Å². The van der Waals surface area contributed by atoms with Crippen LogP contribution in [-0.4, -0.2) is 26.2 Å². The second-order valence-corrected chi connectivity index (χ2v) is 4.45. The van der Waals surface area contributed by atoms with Crippen LogP contribution >= 0.6 is 0 Å². The lowest BCUT2D eigenvalue weighted by atomic mass is 10.2. The standard InChI is InChI=1S/C14H19NO3/c1-3-18-13-8-11(6-7-12(13)17-2)14(16)15-9-10-4-5-10/h6-8,10H,3-5,9H2,1-2H3,(H,15,16). The summed E-state index contributed by atoms with van der Waals surface area (Å²) in [6.07, 6.45) is 2.46. The fraction of sp³-hybridized carbons (Fsp3) is 0.500. The maximum absolute atomic E-state index is 11.9. The Bertz CT molecular complexity index is 427. The predicted molar refractivity (Wildman–Crippen MR) is 69.2 cm³/mol. The van der Waals surface area contributed by atoms with Gasteiger partial charge in [-0.2, -0.15) is 0 Å². The Hall–Kier alpha value is -1.71. The van der Waals surface area contributed by atoms with Crippen LogP contribution in [0.4, 0.5) is 0 Å². The van der Waals surface area contributed by atoms with Crippen molar-refractivity contribution in [3.8, 4) is 11.5 Å². The zero-order valence-corrected chi connectivity index (χ0v) is 10.9. The van der Waals surface area contributed by atoms with E-state index in [0.29, 0.717) is 29.6 Å². The number of carbonyl (C=O) groups is 1. The minimum absolute atomic E-state index is 0.0505. The second kappa shape index (κ2) is 5.76. The molecule has 0 radical (unpaired) electrons. The van der Waals surface area contributed by atoms with Crippen molar-refractivity contribution in [2.45, 2.75) is 19.8 Å². The molecule has 1 amide bonds. The van der Waals surface area contributed by atoms with Crippen molar-refractivity contribution in [3.63, 3.8) is 0 Å². The SMILES string of the molecule is CCOc1cc(C(=O)NCC2CC2)ccc1OC. The molecule has 0 atom stereocenters. The van der Waals surface area contributed by atoms with E-state index in [1.54, 1.807) is 25.3 Å². The van der Waals surface area contributed by atoms with Gasteiger partial charge in [0.2, 0.25) is 0 Å². The van der Waals surface area contributed by atoms with Crippen LogP contribution < -0.4 is 14.8 Å². The summed E-state index contributed by atoms with van der Waals surface area (Å²) < 4.78 is 10.6. The Morgan fingerprint density at radius 1 is 1.39 bits per heavy atom. The first kappa shape index (κ1) is 12.7. The molecule has 98 valence electrons. The third-order valence-electron chi connectivity index (χ3n) is 2.97. The van der Waals surface area contributed by atoms with Crippen LogP contribution in [0.15, 0.2) is 18.2 Å². The molecule has 2 rings (SSSR count). The van der Waals surface area contributed by atoms with Crippen LogP contribution in [0.2, 0.25) is 0 Å². The van der Waals surface area contributed by atoms with E-state index in [1.807, 2.05) is 6.92 Å². The van der Waals surface area contributed by atoms with E-state index < -0.39 is 0 Å². The van der Waals surface area contributed by atoms with E-state index in [0.717, 1.165) is 6.54 Å². The number of nitrogens with one attached hydrogen (secondary N) is 1. The number of methoxy groups -OCH3 is 1. The van der Waals surface area contributed by atoms with Gasteiger partial charge in [0.25, 0.3) is 5.91 Å². The Balaban J connectivity index is 2.06. The fourth-order valence-corrected chi connectivity index (χ4v) is 1.75. The highest BCUT2D eigenvalue weighted by Crippen LogP contribution is 2.29. The van der Waals surface area contributed by atoms with Crippen molar-refractivity contribution in [1.82, 2.24) is 5.32 Å². The average molecular weight is 249 g/mol. The first-order valence-corrected chi connectivity index (χ1v) is 6.33. The zero-order valence-electron chi connectivity index (χ0n) is 10.9. The minimum atomic E-state index is -0.0505. The lowest BCUT2D eigenvalue weighted by Crippen LogP contribution is -2.25. The van der Waals surface area contributed by atoms with Crippen molar-refractivity contribution < 1.29 is 14.3 Å². The summed E-state index contributed by atoms with van der Waals surface area (Å²) in [5.74, 6) is 1.89. The Morgan fingerprint density at radius 2 is 2.17 bits per heavy atom. The second-order valence-electron chi connectivity index (χ2n) is 4.45. The largest absolute Gasteiger partial charge is 0.493 e. The van der Waals surface area contributed by atoms with Gasteiger partial charge in [-0.05, 0) is 43.9 Å². The molecule has 1 saturated carbocycles. The van der Waals surface area contributed by atoms with Crippen LogP contribution in [0.3, 0.4) is 0 Å². The summed E-state index contributed by atoms with van der Waals surface area (Å²) in [6, 6.07) is 5.24. The topological polar surface area (TPSA) is 47.6 Å². The summed E-state index contributed by atoms with van der Waals surface area (Å²) in [4.78, 5) is 11.9. The van der Waals surface area contributed by atoms with E-state index in [-0.39, 0.29) is 5.91 Å².